The van der Waals surface area contributed by atoms with Crippen LogP contribution in [0.5, 0.6) is 0 Å². The van der Waals surface area contributed by atoms with Gasteiger partial charge in [-0.25, -0.2) is 0 Å². The lowest BCUT2D eigenvalue weighted by Gasteiger charge is -2.14. The van der Waals surface area contributed by atoms with Crippen LogP contribution >= 0.6 is 27.5 Å². The van der Waals surface area contributed by atoms with Gasteiger partial charge in [0.15, 0.2) is 0 Å². The number of hydrogen-bond acceptors (Lipinski definition) is 1. The van der Waals surface area contributed by atoms with E-state index < -0.39 is 0 Å². The molecule has 64 valence electrons. The van der Waals surface area contributed by atoms with E-state index in [0.717, 1.165) is 13.1 Å². The Hall–Kier alpha value is 0.470. The molecule has 0 aromatic carbocycles. The SMILES string of the molecule is CC(=CCl)CN1CCC(Br)C1. The molecule has 0 aromatic rings. The molecule has 0 spiro atoms. The fourth-order valence-corrected chi connectivity index (χ4v) is 2.00. The first kappa shape index (κ1) is 9.56. The van der Waals surface area contributed by atoms with Crippen LogP contribution < -0.4 is 0 Å². The molecule has 0 aromatic heterocycles. The summed E-state index contributed by atoms with van der Waals surface area (Å²) in [6.45, 7) is 5.43. The molecule has 0 N–H and O–H groups in total. The zero-order valence-electron chi connectivity index (χ0n) is 6.69. The Morgan fingerprint density at radius 3 is 3.00 bits per heavy atom. The summed E-state index contributed by atoms with van der Waals surface area (Å²) in [6.07, 6.45) is 1.26. The van der Waals surface area contributed by atoms with Gasteiger partial charge in [0.2, 0.25) is 0 Å². The predicted molar refractivity (Wildman–Crippen MR) is 53.4 cm³/mol. The van der Waals surface area contributed by atoms with E-state index in [0.29, 0.717) is 4.83 Å². The second-order valence-corrected chi connectivity index (χ2v) is 4.59. The van der Waals surface area contributed by atoms with Crippen molar-refractivity contribution < 1.29 is 0 Å². The highest BCUT2D eigenvalue weighted by Crippen LogP contribution is 2.17. The van der Waals surface area contributed by atoms with Gasteiger partial charge in [-0.3, -0.25) is 4.90 Å². The molecule has 0 saturated carbocycles. The van der Waals surface area contributed by atoms with E-state index in [1.807, 2.05) is 0 Å². The highest BCUT2D eigenvalue weighted by molar-refractivity contribution is 9.09. The predicted octanol–water partition coefficient (Wildman–Crippen LogP) is 2.60. The van der Waals surface area contributed by atoms with E-state index in [9.17, 15) is 0 Å². The normalized spacial score (nSPS) is 27.9. The van der Waals surface area contributed by atoms with Crippen molar-refractivity contribution >= 4 is 27.5 Å². The number of rotatable bonds is 2. The topological polar surface area (TPSA) is 3.24 Å². The highest BCUT2D eigenvalue weighted by atomic mass is 79.9. The number of nitrogens with zero attached hydrogens (tertiary/aromatic N) is 1. The third kappa shape index (κ3) is 3.14. The van der Waals surface area contributed by atoms with Gasteiger partial charge in [-0.1, -0.05) is 27.5 Å². The van der Waals surface area contributed by atoms with Crippen molar-refractivity contribution in [2.24, 2.45) is 0 Å². The van der Waals surface area contributed by atoms with Gasteiger partial charge in [0.25, 0.3) is 0 Å². The lowest BCUT2D eigenvalue weighted by atomic mass is 10.3. The van der Waals surface area contributed by atoms with Crippen LogP contribution in [0.1, 0.15) is 13.3 Å². The van der Waals surface area contributed by atoms with E-state index in [2.05, 4.69) is 27.8 Å². The molecule has 1 nitrogen and oxygen atoms in total. The van der Waals surface area contributed by atoms with Crippen LogP contribution in [0.3, 0.4) is 0 Å². The molecule has 3 heteroatoms. The number of hydrogen-bond donors (Lipinski definition) is 0. The minimum atomic E-state index is 0.686. The molecule has 1 atom stereocenters. The van der Waals surface area contributed by atoms with Gasteiger partial charge >= 0.3 is 0 Å². The molecule has 1 fully saturated rings. The number of alkyl halides is 1. The number of halogens is 2. The van der Waals surface area contributed by atoms with Crippen LogP contribution in [-0.2, 0) is 0 Å². The van der Waals surface area contributed by atoms with Crippen LogP contribution in [0.2, 0.25) is 0 Å². The average molecular weight is 239 g/mol. The zero-order valence-corrected chi connectivity index (χ0v) is 9.03. The van der Waals surface area contributed by atoms with Crippen molar-refractivity contribution in [2.45, 2.75) is 18.2 Å². The van der Waals surface area contributed by atoms with Crippen molar-refractivity contribution in [3.8, 4) is 0 Å². The van der Waals surface area contributed by atoms with Gasteiger partial charge in [0, 0.05) is 23.5 Å². The lowest BCUT2D eigenvalue weighted by molar-refractivity contribution is 0.370. The van der Waals surface area contributed by atoms with Gasteiger partial charge in [-0.2, -0.15) is 0 Å². The number of likely N-dealkylation sites (tertiary alicyclic amines) is 1. The zero-order chi connectivity index (χ0) is 8.27. The maximum Gasteiger partial charge on any atom is 0.0285 e. The largest absolute Gasteiger partial charge is 0.298 e. The lowest BCUT2D eigenvalue weighted by Crippen LogP contribution is -2.22. The van der Waals surface area contributed by atoms with Gasteiger partial charge in [-0.05, 0) is 25.5 Å². The first-order valence-corrected chi connectivity index (χ1v) is 5.20. The third-order valence-corrected chi connectivity index (χ3v) is 2.99. The van der Waals surface area contributed by atoms with Crippen LogP contribution in [-0.4, -0.2) is 29.4 Å². The molecule has 1 aliphatic rings. The van der Waals surface area contributed by atoms with Crippen LogP contribution in [0.25, 0.3) is 0 Å². The quantitative estimate of drug-likeness (QED) is 0.669. The molecule has 1 saturated heterocycles. The first-order chi connectivity index (χ1) is 5.22. The summed E-state index contributed by atoms with van der Waals surface area (Å²) in [7, 11) is 0. The summed E-state index contributed by atoms with van der Waals surface area (Å²) in [4.78, 5) is 3.10. The Morgan fingerprint density at radius 2 is 2.55 bits per heavy atom. The fourth-order valence-electron chi connectivity index (χ4n) is 1.32. The molecular weight excluding hydrogens is 225 g/mol. The van der Waals surface area contributed by atoms with Crippen molar-refractivity contribution in [1.29, 1.82) is 0 Å². The minimum Gasteiger partial charge on any atom is -0.298 e. The third-order valence-electron chi connectivity index (χ3n) is 1.87. The average Bonchev–Trinajstić information content (AvgIpc) is 2.35. The second kappa shape index (κ2) is 4.48. The van der Waals surface area contributed by atoms with Gasteiger partial charge in [0.05, 0.1) is 0 Å². The molecule has 1 heterocycles. The Labute approximate surface area is 81.5 Å². The molecule has 1 rings (SSSR count). The Bertz CT molecular complexity index is 158. The summed E-state index contributed by atoms with van der Waals surface area (Å²) >= 11 is 9.16. The molecule has 0 radical (unpaired) electrons. The standard InChI is InChI=1S/C8H13BrClN/c1-7(4-10)5-11-3-2-8(9)6-11/h4,8H,2-3,5-6H2,1H3. The van der Waals surface area contributed by atoms with E-state index in [4.69, 9.17) is 11.6 Å². The van der Waals surface area contributed by atoms with Gasteiger partial charge in [0.1, 0.15) is 0 Å². The van der Waals surface area contributed by atoms with Crippen molar-refractivity contribution in [3.05, 3.63) is 11.1 Å². The molecule has 0 aliphatic carbocycles. The fraction of sp³-hybridized carbons (Fsp3) is 0.750. The molecule has 0 amide bonds. The van der Waals surface area contributed by atoms with E-state index in [1.54, 1.807) is 5.54 Å². The maximum atomic E-state index is 5.57. The van der Waals surface area contributed by atoms with Gasteiger partial charge in [-0.15, -0.1) is 0 Å². The Morgan fingerprint density at radius 1 is 1.82 bits per heavy atom. The van der Waals surface area contributed by atoms with Crippen molar-refractivity contribution in [1.82, 2.24) is 4.90 Å². The maximum absolute atomic E-state index is 5.57. The van der Waals surface area contributed by atoms with E-state index in [1.165, 1.54) is 18.5 Å². The second-order valence-electron chi connectivity index (χ2n) is 3.08. The molecule has 1 aliphatic heterocycles. The summed E-state index contributed by atoms with van der Waals surface area (Å²) in [6, 6.07) is 0. The summed E-state index contributed by atoms with van der Waals surface area (Å²) in [5, 5.41) is 0. The van der Waals surface area contributed by atoms with Crippen molar-refractivity contribution in [3.63, 3.8) is 0 Å². The summed E-state index contributed by atoms with van der Waals surface area (Å²) in [5.41, 5.74) is 2.91. The molecule has 11 heavy (non-hydrogen) atoms. The summed E-state index contributed by atoms with van der Waals surface area (Å²) in [5.74, 6) is 0. The van der Waals surface area contributed by atoms with Gasteiger partial charge < -0.3 is 0 Å². The molecule has 1 unspecified atom stereocenters. The smallest absolute Gasteiger partial charge is 0.0285 e. The highest BCUT2D eigenvalue weighted by Gasteiger charge is 2.19. The monoisotopic (exact) mass is 237 g/mol. The molecule has 0 bridgehead atoms. The van der Waals surface area contributed by atoms with Crippen LogP contribution in [0.15, 0.2) is 11.1 Å². The Balaban J connectivity index is 2.28. The van der Waals surface area contributed by atoms with Crippen molar-refractivity contribution in [2.75, 3.05) is 19.6 Å². The van der Waals surface area contributed by atoms with E-state index in [-0.39, 0.29) is 0 Å². The molecular formula is C8H13BrClN. The first-order valence-electron chi connectivity index (χ1n) is 3.84. The minimum absolute atomic E-state index is 0.686. The van der Waals surface area contributed by atoms with E-state index >= 15 is 0 Å². The summed E-state index contributed by atoms with van der Waals surface area (Å²) < 4.78 is 0. The van der Waals surface area contributed by atoms with Crippen LogP contribution in [0.4, 0.5) is 0 Å². The van der Waals surface area contributed by atoms with Crippen LogP contribution in [0, 0.1) is 0 Å². The Kier molecular flexibility index (Phi) is 3.90.